The van der Waals surface area contributed by atoms with Crippen LogP contribution in [0.25, 0.3) is 0 Å². The number of rotatable bonds is 3. The van der Waals surface area contributed by atoms with Gasteiger partial charge < -0.3 is 16.6 Å². The summed E-state index contributed by atoms with van der Waals surface area (Å²) in [5.74, 6) is 0.432. The van der Waals surface area contributed by atoms with Gasteiger partial charge in [0, 0.05) is 29.8 Å². The van der Waals surface area contributed by atoms with Gasteiger partial charge in [-0.25, -0.2) is 4.98 Å². The lowest BCUT2D eigenvalue weighted by Crippen LogP contribution is -2.33. The summed E-state index contributed by atoms with van der Waals surface area (Å²) in [5.41, 5.74) is 12.1. The Morgan fingerprint density at radius 2 is 2.21 bits per heavy atom. The molecule has 78 valence electrons. The van der Waals surface area contributed by atoms with E-state index in [0.29, 0.717) is 5.82 Å². The van der Waals surface area contributed by atoms with Crippen molar-refractivity contribution in [1.82, 2.24) is 4.98 Å². The molecular weight excluding hydrogens is 178 g/mol. The lowest BCUT2D eigenvalue weighted by atomic mass is 9.82. The van der Waals surface area contributed by atoms with E-state index >= 15 is 0 Å². The number of hydrogen-bond donors (Lipinski definition) is 3. The summed E-state index contributed by atoms with van der Waals surface area (Å²) in [7, 11) is 0. The molecule has 0 aliphatic rings. The van der Waals surface area contributed by atoms with Crippen molar-refractivity contribution >= 4 is 5.82 Å². The first-order chi connectivity index (χ1) is 6.49. The number of nitrogens with zero attached hydrogens (tertiary/aromatic N) is 1. The molecule has 1 atom stereocenters. The largest absolute Gasteiger partial charge is 0.396 e. The van der Waals surface area contributed by atoms with Gasteiger partial charge in [0.15, 0.2) is 0 Å². The monoisotopic (exact) mass is 195 g/mol. The number of aliphatic hydroxyl groups excluding tert-OH is 1. The highest BCUT2D eigenvalue weighted by molar-refractivity contribution is 5.41. The van der Waals surface area contributed by atoms with Gasteiger partial charge in [-0.15, -0.1) is 0 Å². The Balaban J connectivity index is 3.00. The normalized spacial score (nSPS) is 14.0. The van der Waals surface area contributed by atoms with Gasteiger partial charge in [-0.3, -0.25) is 0 Å². The Kier molecular flexibility index (Phi) is 3.08. The molecule has 0 amide bonds. The lowest BCUT2D eigenvalue weighted by Gasteiger charge is -2.30. The van der Waals surface area contributed by atoms with Crippen LogP contribution in [0, 0.1) is 5.41 Å². The second-order valence-corrected chi connectivity index (χ2v) is 4.10. The van der Waals surface area contributed by atoms with E-state index < -0.39 is 5.41 Å². The van der Waals surface area contributed by atoms with Crippen molar-refractivity contribution in [3.05, 3.63) is 23.9 Å². The van der Waals surface area contributed by atoms with Crippen molar-refractivity contribution < 1.29 is 5.11 Å². The summed E-state index contributed by atoms with van der Waals surface area (Å²) in [4.78, 5) is 3.96. The predicted molar refractivity (Wildman–Crippen MR) is 56.4 cm³/mol. The summed E-state index contributed by atoms with van der Waals surface area (Å²) in [6, 6.07) is 3.32. The lowest BCUT2D eigenvalue weighted by molar-refractivity contribution is 0.132. The average Bonchev–Trinajstić information content (AvgIpc) is 2.17. The summed E-state index contributed by atoms with van der Waals surface area (Å²) < 4.78 is 0. The summed E-state index contributed by atoms with van der Waals surface area (Å²) in [6.07, 6.45) is 1.62. The molecule has 4 heteroatoms. The second-order valence-electron chi connectivity index (χ2n) is 4.10. The van der Waals surface area contributed by atoms with E-state index in [1.165, 1.54) is 0 Å². The van der Waals surface area contributed by atoms with Gasteiger partial charge in [0.05, 0.1) is 0 Å². The van der Waals surface area contributed by atoms with Crippen molar-refractivity contribution in [3.8, 4) is 0 Å². The second kappa shape index (κ2) is 3.94. The molecule has 5 N–H and O–H groups in total. The minimum atomic E-state index is -0.392. The molecule has 0 radical (unpaired) electrons. The van der Waals surface area contributed by atoms with Crippen LogP contribution < -0.4 is 11.5 Å². The fourth-order valence-corrected chi connectivity index (χ4v) is 1.21. The first-order valence-electron chi connectivity index (χ1n) is 4.56. The molecule has 0 aromatic carbocycles. The van der Waals surface area contributed by atoms with Gasteiger partial charge >= 0.3 is 0 Å². The smallest absolute Gasteiger partial charge is 0.128 e. The van der Waals surface area contributed by atoms with Crippen LogP contribution in [0.1, 0.15) is 25.5 Å². The Bertz CT molecular complexity index is 312. The van der Waals surface area contributed by atoms with E-state index in [2.05, 4.69) is 4.98 Å². The first kappa shape index (κ1) is 10.9. The third-order valence-electron chi connectivity index (χ3n) is 2.46. The molecule has 0 aliphatic carbocycles. The zero-order valence-electron chi connectivity index (χ0n) is 8.57. The van der Waals surface area contributed by atoms with Gasteiger partial charge in [-0.2, -0.15) is 0 Å². The van der Waals surface area contributed by atoms with E-state index in [-0.39, 0.29) is 12.6 Å². The van der Waals surface area contributed by atoms with Gasteiger partial charge in [0.2, 0.25) is 0 Å². The highest BCUT2D eigenvalue weighted by atomic mass is 16.3. The highest BCUT2D eigenvalue weighted by Gasteiger charge is 2.28. The quantitative estimate of drug-likeness (QED) is 0.662. The fraction of sp³-hybridized carbons (Fsp3) is 0.500. The molecule has 1 aromatic heterocycles. The van der Waals surface area contributed by atoms with Crippen LogP contribution in [0.3, 0.4) is 0 Å². The maximum atomic E-state index is 9.18. The number of pyridine rings is 1. The summed E-state index contributed by atoms with van der Waals surface area (Å²) >= 11 is 0. The van der Waals surface area contributed by atoms with E-state index in [1.807, 2.05) is 19.9 Å². The maximum Gasteiger partial charge on any atom is 0.128 e. The number of aliphatic hydroxyl groups is 1. The van der Waals surface area contributed by atoms with Gasteiger partial charge in [-0.05, 0) is 6.07 Å². The van der Waals surface area contributed by atoms with Crippen LogP contribution in [0.15, 0.2) is 18.3 Å². The third kappa shape index (κ3) is 2.02. The Morgan fingerprint density at radius 3 is 2.71 bits per heavy atom. The van der Waals surface area contributed by atoms with E-state index in [9.17, 15) is 5.11 Å². The van der Waals surface area contributed by atoms with Crippen LogP contribution in [-0.4, -0.2) is 16.7 Å². The number of hydrogen-bond acceptors (Lipinski definition) is 4. The standard InChI is InChI=1S/C10H17N3O/c1-10(2,6-14)8(11)7-4-3-5-13-9(7)12/h3-5,8,14H,6,11H2,1-2H3,(H2,12,13)/t8-/m1/s1. The first-order valence-corrected chi connectivity index (χ1v) is 4.56. The van der Waals surface area contributed by atoms with Crippen molar-refractivity contribution in [2.45, 2.75) is 19.9 Å². The molecule has 0 bridgehead atoms. The van der Waals surface area contributed by atoms with Crippen molar-refractivity contribution in [1.29, 1.82) is 0 Å². The van der Waals surface area contributed by atoms with Gasteiger partial charge in [-0.1, -0.05) is 19.9 Å². The Labute approximate surface area is 83.9 Å². The third-order valence-corrected chi connectivity index (χ3v) is 2.46. The average molecular weight is 195 g/mol. The van der Waals surface area contributed by atoms with Crippen LogP contribution in [0.2, 0.25) is 0 Å². The van der Waals surface area contributed by atoms with Crippen molar-refractivity contribution in [2.24, 2.45) is 11.1 Å². The van der Waals surface area contributed by atoms with Crippen LogP contribution in [0.4, 0.5) is 5.82 Å². The number of nitrogen functional groups attached to an aromatic ring is 1. The molecule has 1 aromatic rings. The number of aromatic nitrogens is 1. The molecule has 0 spiro atoms. The van der Waals surface area contributed by atoms with Crippen LogP contribution in [-0.2, 0) is 0 Å². The minimum Gasteiger partial charge on any atom is -0.396 e. The van der Waals surface area contributed by atoms with Crippen LogP contribution in [0.5, 0.6) is 0 Å². The van der Waals surface area contributed by atoms with Crippen LogP contribution >= 0.6 is 0 Å². The predicted octanol–water partition coefficient (Wildman–Crippen LogP) is 0.682. The topological polar surface area (TPSA) is 85.2 Å². The van der Waals surface area contributed by atoms with Crippen molar-refractivity contribution in [3.63, 3.8) is 0 Å². The van der Waals surface area contributed by atoms with Gasteiger partial charge in [0.25, 0.3) is 0 Å². The zero-order chi connectivity index (χ0) is 10.8. The zero-order valence-corrected chi connectivity index (χ0v) is 8.57. The Hall–Kier alpha value is -1.13. The minimum absolute atomic E-state index is 0.0164. The highest BCUT2D eigenvalue weighted by Crippen LogP contribution is 2.32. The fourth-order valence-electron chi connectivity index (χ4n) is 1.21. The van der Waals surface area contributed by atoms with E-state index in [1.54, 1.807) is 12.3 Å². The van der Waals surface area contributed by atoms with E-state index in [0.717, 1.165) is 5.56 Å². The van der Waals surface area contributed by atoms with Gasteiger partial charge in [0.1, 0.15) is 5.82 Å². The molecule has 4 nitrogen and oxygen atoms in total. The molecule has 0 aliphatic heterocycles. The molecular formula is C10H17N3O. The van der Waals surface area contributed by atoms with E-state index in [4.69, 9.17) is 11.5 Å². The SMILES string of the molecule is CC(C)(CO)[C@H](N)c1cccnc1N. The molecule has 0 saturated carbocycles. The molecule has 0 fully saturated rings. The maximum absolute atomic E-state index is 9.18. The molecule has 0 unspecified atom stereocenters. The molecule has 14 heavy (non-hydrogen) atoms. The summed E-state index contributed by atoms with van der Waals surface area (Å²) in [5, 5.41) is 9.18. The summed E-state index contributed by atoms with van der Waals surface area (Å²) in [6.45, 7) is 3.80. The number of anilines is 1. The molecule has 1 rings (SSSR count). The van der Waals surface area contributed by atoms with Crippen molar-refractivity contribution in [2.75, 3.05) is 12.3 Å². The number of nitrogens with two attached hydrogens (primary N) is 2. The molecule has 0 saturated heterocycles. The molecule has 1 heterocycles. The Morgan fingerprint density at radius 1 is 1.57 bits per heavy atom.